The number of carbonyl (C=O) groups excluding carboxylic acids is 1. The Morgan fingerprint density at radius 2 is 2.00 bits per heavy atom. The first kappa shape index (κ1) is 20.1. The lowest BCUT2D eigenvalue weighted by Crippen LogP contribution is -2.43. The fourth-order valence-corrected chi connectivity index (χ4v) is 4.03. The predicted molar refractivity (Wildman–Crippen MR) is 125 cm³/mol. The minimum Gasteiger partial charge on any atom is -0.363 e. The average molecular weight is 428 g/mol. The van der Waals surface area contributed by atoms with Crippen LogP contribution in [0.15, 0.2) is 48.5 Å². The number of nitrogens with zero attached hydrogens (tertiary/aromatic N) is 4. The third-order valence-corrected chi connectivity index (χ3v) is 5.74. The van der Waals surface area contributed by atoms with Crippen LogP contribution >= 0.6 is 0 Å². The van der Waals surface area contributed by atoms with Gasteiger partial charge in [0.05, 0.1) is 17.8 Å². The second-order valence-corrected chi connectivity index (χ2v) is 8.32. The summed E-state index contributed by atoms with van der Waals surface area (Å²) in [6, 6.07) is 15.8. The summed E-state index contributed by atoms with van der Waals surface area (Å²) in [4.78, 5) is 21.2. The Balaban J connectivity index is 1.53. The van der Waals surface area contributed by atoms with Gasteiger partial charge >= 0.3 is 0 Å². The van der Waals surface area contributed by atoms with E-state index < -0.39 is 6.04 Å². The number of hydrogen-bond acceptors (Lipinski definition) is 6. The average Bonchev–Trinajstić information content (AvgIpc) is 3.16. The van der Waals surface area contributed by atoms with E-state index >= 15 is 0 Å². The molecule has 2 aromatic heterocycles. The van der Waals surface area contributed by atoms with Gasteiger partial charge in [-0.25, -0.2) is 14.6 Å². The Bertz CT molecular complexity index is 1340. The molecule has 3 heterocycles. The maximum atomic E-state index is 11.9. The topological polar surface area (TPSA) is 111 Å². The molecular formula is C24H25N7O. The summed E-state index contributed by atoms with van der Waals surface area (Å²) < 4.78 is 1.73. The molecule has 8 nitrogen and oxygen atoms in total. The number of anilines is 2. The largest absolute Gasteiger partial charge is 0.363 e. The molecule has 8 heteroatoms. The van der Waals surface area contributed by atoms with Gasteiger partial charge in [-0.15, -0.1) is 0 Å². The molecule has 1 aliphatic heterocycles. The molecule has 1 unspecified atom stereocenters. The van der Waals surface area contributed by atoms with Crippen LogP contribution in [0.5, 0.6) is 0 Å². The fourth-order valence-electron chi connectivity index (χ4n) is 4.03. The van der Waals surface area contributed by atoms with Gasteiger partial charge in [-0.05, 0) is 38.5 Å². The molecule has 5 rings (SSSR count). The van der Waals surface area contributed by atoms with Crippen LogP contribution in [0.2, 0.25) is 0 Å². The standard InChI is InChI=1S/C24H25N7O/c1-13-5-4-6-16(9-13)14(2)26-23-18-10-17(7-8-20(18)27-15(3)28-23)21-11-22-29-24(32)19(25)12-31(22)30-21/h4-11,14,19H,12,25H2,1-3H3,(H,29,32)(H,26,27,28)/t14-,19?/m1/s1. The Morgan fingerprint density at radius 3 is 2.81 bits per heavy atom. The highest BCUT2D eigenvalue weighted by Gasteiger charge is 2.24. The molecule has 32 heavy (non-hydrogen) atoms. The van der Waals surface area contributed by atoms with Crippen LogP contribution in [0.1, 0.15) is 29.9 Å². The third kappa shape index (κ3) is 3.69. The number of amides is 1. The van der Waals surface area contributed by atoms with Crippen LogP contribution < -0.4 is 16.4 Å². The molecular weight excluding hydrogens is 402 g/mol. The Morgan fingerprint density at radius 1 is 1.16 bits per heavy atom. The highest BCUT2D eigenvalue weighted by atomic mass is 16.2. The zero-order chi connectivity index (χ0) is 22.4. The molecule has 2 aromatic carbocycles. The number of rotatable bonds is 4. The number of fused-ring (bicyclic) bond motifs is 2. The Kier molecular flexibility index (Phi) is 4.86. The minimum atomic E-state index is -0.595. The zero-order valence-electron chi connectivity index (χ0n) is 18.3. The molecule has 0 saturated carbocycles. The van der Waals surface area contributed by atoms with Crippen LogP contribution in [-0.4, -0.2) is 31.7 Å². The summed E-state index contributed by atoms with van der Waals surface area (Å²) in [5.74, 6) is 1.95. The van der Waals surface area contributed by atoms with Gasteiger partial charge in [0.25, 0.3) is 0 Å². The van der Waals surface area contributed by atoms with Gasteiger partial charge in [0, 0.05) is 23.1 Å². The molecule has 0 aliphatic carbocycles. The summed E-state index contributed by atoms with van der Waals surface area (Å²) in [7, 11) is 0. The smallest absolute Gasteiger partial charge is 0.244 e. The van der Waals surface area contributed by atoms with Gasteiger partial charge in [-0.1, -0.05) is 35.9 Å². The van der Waals surface area contributed by atoms with Crippen LogP contribution in [0.3, 0.4) is 0 Å². The van der Waals surface area contributed by atoms with E-state index in [1.165, 1.54) is 11.1 Å². The van der Waals surface area contributed by atoms with Gasteiger partial charge in [0.2, 0.25) is 5.91 Å². The van der Waals surface area contributed by atoms with Gasteiger partial charge in [-0.2, -0.15) is 5.10 Å². The molecule has 162 valence electrons. The van der Waals surface area contributed by atoms with Crippen molar-refractivity contribution in [2.45, 2.75) is 39.4 Å². The monoisotopic (exact) mass is 427 g/mol. The van der Waals surface area contributed by atoms with Crippen molar-refractivity contribution in [3.63, 3.8) is 0 Å². The first-order chi connectivity index (χ1) is 15.4. The van der Waals surface area contributed by atoms with Gasteiger partial charge in [0.1, 0.15) is 23.5 Å². The quantitative estimate of drug-likeness (QED) is 0.459. The summed E-state index contributed by atoms with van der Waals surface area (Å²) >= 11 is 0. The second-order valence-electron chi connectivity index (χ2n) is 8.32. The number of aryl methyl sites for hydroxylation is 2. The first-order valence-electron chi connectivity index (χ1n) is 10.6. The predicted octanol–water partition coefficient (Wildman–Crippen LogP) is 3.56. The zero-order valence-corrected chi connectivity index (χ0v) is 18.3. The van der Waals surface area contributed by atoms with Crippen molar-refractivity contribution in [1.29, 1.82) is 0 Å². The summed E-state index contributed by atoms with van der Waals surface area (Å²) in [6.07, 6.45) is 0. The molecule has 2 atom stereocenters. The van der Waals surface area contributed by atoms with Crippen molar-refractivity contribution in [3.8, 4) is 11.3 Å². The normalized spacial score (nSPS) is 16.5. The van der Waals surface area contributed by atoms with Crippen LogP contribution in [-0.2, 0) is 11.3 Å². The second kappa shape index (κ2) is 7.72. The molecule has 4 N–H and O–H groups in total. The molecule has 0 fully saturated rings. The lowest BCUT2D eigenvalue weighted by atomic mass is 10.0. The van der Waals surface area contributed by atoms with Gasteiger partial charge in [-0.3, -0.25) is 4.79 Å². The van der Waals surface area contributed by atoms with E-state index in [-0.39, 0.29) is 11.9 Å². The van der Waals surface area contributed by atoms with Crippen LogP contribution in [0.25, 0.3) is 22.2 Å². The third-order valence-electron chi connectivity index (χ3n) is 5.74. The van der Waals surface area contributed by atoms with E-state index in [9.17, 15) is 4.79 Å². The molecule has 4 aromatic rings. The van der Waals surface area contributed by atoms with Crippen molar-refractivity contribution >= 4 is 28.4 Å². The van der Waals surface area contributed by atoms with Gasteiger partial charge in [0.15, 0.2) is 0 Å². The molecule has 0 saturated heterocycles. The minimum absolute atomic E-state index is 0.0766. The Hall–Kier alpha value is -3.78. The molecule has 0 bridgehead atoms. The van der Waals surface area contributed by atoms with E-state index in [2.05, 4.69) is 63.8 Å². The van der Waals surface area contributed by atoms with E-state index in [1.807, 2.05) is 31.2 Å². The summed E-state index contributed by atoms with van der Waals surface area (Å²) in [5.41, 5.74) is 10.8. The highest BCUT2D eigenvalue weighted by Crippen LogP contribution is 2.31. The maximum Gasteiger partial charge on any atom is 0.244 e. The molecule has 0 spiro atoms. The number of benzene rings is 2. The van der Waals surface area contributed by atoms with Crippen molar-refractivity contribution < 1.29 is 4.79 Å². The van der Waals surface area contributed by atoms with Crippen molar-refractivity contribution in [2.75, 3.05) is 10.6 Å². The summed E-state index contributed by atoms with van der Waals surface area (Å²) in [6.45, 7) is 6.47. The number of carbonyl (C=O) groups is 1. The highest BCUT2D eigenvalue weighted by molar-refractivity contribution is 5.96. The van der Waals surface area contributed by atoms with E-state index in [0.717, 1.165) is 28.0 Å². The van der Waals surface area contributed by atoms with Crippen molar-refractivity contribution in [2.24, 2.45) is 5.73 Å². The first-order valence-corrected chi connectivity index (χ1v) is 10.6. The number of nitrogens with two attached hydrogens (primary N) is 1. The van der Waals surface area contributed by atoms with E-state index in [4.69, 9.17) is 5.73 Å². The van der Waals surface area contributed by atoms with Crippen molar-refractivity contribution in [1.82, 2.24) is 19.7 Å². The van der Waals surface area contributed by atoms with Crippen LogP contribution in [0.4, 0.5) is 11.6 Å². The number of nitrogens with one attached hydrogen (secondary N) is 2. The van der Waals surface area contributed by atoms with Crippen LogP contribution in [0, 0.1) is 13.8 Å². The van der Waals surface area contributed by atoms with E-state index in [0.29, 0.717) is 18.2 Å². The fraction of sp³-hybridized carbons (Fsp3) is 0.250. The van der Waals surface area contributed by atoms with Gasteiger partial charge < -0.3 is 16.4 Å². The lowest BCUT2D eigenvalue weighted by molar-refractivity contribution is -0.118. The Labute approximate surface area is 185 Å². The van der Waals surface area contributed by atoms with Crippen molar-refractivity contribution in [3.05, 3.63) is 65.5 Å². The molecule has 1 aliphatic rings. The maximum absolute atomic E-state index is 11.9. The lowest BCUT2D eigenvalue weighted by Gasteiger charge is -2.19. The number of hydrogen-bond donors (Lipinski definition) is 3. The van der Waals surface area contributed by atoms with E-state index in [1.54, 1.807) is 4.68 Å². The molecule has 1 amide bonds. The number of aromatic nitrogens is 4. The summed E-state index contributed by atoms with van der Waals surface area (Å²) in [5, 5.41) is 11.9. The SMILES string of the molecule is Cc1cccc([C@@H](C)Nc2nc(C)nc3ccc(-c4cc5n(n4)CC(N)C(=O)N5)cc23)c1. The molecule has 0 radical (unpaired) electrons.